The van der Waals surface area contributed by atoms with Gasteiger partial charge in [-0.1, -0.05) is 6.07 Å². The third kappa shape index (κ3) is 2.32. The Morgan fingerprint density at radius 2 is 1.50 bits per heavy atom. The van der Waals surface area contributed by atoms with Crippen LogP contribution in [-0.4, -0.2) is 0 Å². The average Bonchev–Trinajstić information content (AvgIpc) is 2.17. The number of hydrogen-bond acceptors (Lipinski definition) is 1. The topological polar surface area (TPSA) is 26.0 Å². The van der Waals surface area contributed by atoms with E-state index in [1.54, 1.807) is 0 Å². The van der Waals surface area contributed by atoms with Crippen LogP contribution in [0.4, 0.5) is 18.9 Å². The van der Waals surface area contributed by atoms with Gasteiger partial charge in [-0.2, -0.15) is 0 Å². The van der Waals surface area contributed by atoms with Crippen molar-refractivity contribution in [3.8, 4) is 0 Å². The van der Waals surface area contributed by atoms with Crippen LogP contribution in [0.3, 0.4) is 0 Å². The Hall–Kier alpha value is -0.900. The van der Waals surface area contributed by atoms with Gasteiger partial charge in [-0.25, -0.2) is 13.2 Å². The first-order valence-corrected chi connectivity index (χ1v) is 3.81. The Morgan fingerprint density at radius 3 is 1.93 bits per heavy atom. The van der Waals surface area contributed by atoms with Crippen molar-refractivity contribution in [3.05, 3.63) is 28.8 Å². The van der Waals surface area contributed by atoms with Gasteiger partial charge in [0, 0.05) is 11.3 Å². The Kier molecular flexibility index (Phi) is 5.38. The molecule has 0 spiro atoms. The van der Waals surface area contributed by atoms with Crippen molar-refractivity contribution in [2.45, 2.75) is 20.0 Å². The maximum atomic E-state index is 12.4. The number of nitrogen functional groups attached to an aromatic ring is 1. The van der Waals surface area contributed by atoms with Gasteiger partial charge in [0.2, 0.25) is 0 Å². The number of alkyl halides is 3. The molecule has 0 fully saturated rings. The molecule has 14 heavy (non-hydrogen) atoms. The molecule has 1 aromatic rings. The van der Waals surface area contributed by atoms with Gasteiger partial charge in [-0.3, -0.25) is 0 Å². The summed E-state index contributed by atoms with van der Waals surface area (Å²) in [7, 11) is 0. The lowest BCUT2D eigenvalue weighted by atomic mass is 10.0. The molecule has 5 heteroatoms. The first-order valence-electron chi connectivity index (χ1n) is 3.81. The highest BCUT2D eigenvalue weighted by molar-refractivity contribution is 5.85. The minimum absolute atomic E-state index is 0. The Labute approximate surface area is 86.5 Å². The van der Waals surface area contributed by atoms with Crippen molar-refractivity contribution in [2.24, 2.45) is 0 Å². The smallest absolute Gasteiger partial charge is 0.117 e. The van der Waals surface area contributed by atoms with Crippen molar-refractivity contribution < 1.29 is 13.2 Å². The standard InChI is InChI=1S/C9H10F3N.ClH/c10-3-6-1-2-9(13)8(5-12)7(6)4-11;/h1-2H,3-5,13H2;1H. The first kappa shape index (κ1) is 13.1. The zero-order chi connectivity index (χ0) is 9.84. The predicted octanol–water partition coefficient (Wildman–Crippen LogP) is 3.10. The van der Waals surface area contributed by atoms with Crippen LogP contribution in [0.1, 0.15) is 16.7 Å². The molecule has 1 aromatic carbocycles. The van der Waals surface area contributed by atoms with Gasteiger partial charge < -0.3 is 5.73 Å². The molecule has 1 nitrogen and oxygen atoms in total. The summed E-state index contributed by atoms with van der Waals surface area (Å²) >= 11 is 0. The maximum absolute atomic E-state index is 12.4. The van der Waals surface area contributed by atoms with E-state index in [1.165, 1.54) is 12.1 Å². The summed E-state index contributed by atoms with van der Waals surface area (Å²) in [6, 6.07) is 2.77. The van der Waals surface area contributed by atoms with Crippen LogP contribution in [0.2, 0.25) is 0 Å². The highest BCUT2D eigenvalue weighted by Gasteiger charge is 2.11. The second kappa shape index (κ2) is 5.75. The molecule has 0 radical (unpaired) electrons. The zero-order valence-electron chi connectivity index (χ0n) is 7.40. The van der Waals surface area contributed by atoms with E-state index in [-0.39, 0.29) is 34.8 Å². The summed E-state index contributed by atoms with van der Waals surface area (Å²) in [5, 5.41) is 0. The molecule has 0 unspecified atom stereocenters. The van der Waals surface area contributed by atoms with Gasteiger partial charge in [0.05, 0.1) is 0 Å². The Bertz CT molecular complexity index is 304. The fourth-order valence-electron chi connectivity index (χ4n) is 1.21. The van der Waals surface area contributed by atoms with E-state index in [4.69, 9.17) is 5.73 Å². The third-order valence-corrected chi connectivity index (χ3v) is 1.98. The number of halogens is 4. The van der Waals surface area contributed by atoms with Gasteiger partial charge >= 0.3 is 0 Å². The normalized spacial score (nSPS) is 9.64. The van der Waals surface area contributed by atoms with Crippen molar-refractivity contribution in [1.82, 2.24) is 0 Å². The van der Waals surface area contributed by atoms with E-state index in [0.29, 0.717) is 0 Å². The molecule has 0 saturated heterocycles. The summed E-state index contributed by atoms with van der Waals surface area (Å²) in [6.45, 7) is -2.55. The Morgan fingerprint density at radius 1 is 0.929 bits per heavy atom. The minimum Gasteiger partial charge on any atom is -0.398 e. The minimum atomic E-state index is -0.885. The van der Waals surface area contributed by atoms with E-state index >= 15 is 0 Å². The predicted molar refractivity (Wildman–Crippen MR) is 52.5 cm³/mol. The van der Waals surface area contributed by atoms with E-state index in [1.807, 2.05) is 0 Å². The monoisotopic (exact) mass is 225 g/mol. The molecule has 0 aliphatic heterocycles. The quantitative estimate of drug-likeness (QED) is 0.786. The number of rotatable bonds is 3. The largest absolute Gasteiger partial charge is 0.398 e. The highest BCUT2D eigenvalue weighted by atomic mass is 35.5. The molecule has 0 heterocycles. The lowest BCUT2D eigenvalue weighted by Gasteiger charge is -2.09. The van der Waals surface area contributed by atoms with Crippen LogP contribution >= 0.6 is 12.4 Å². The molecule has 0 bridgehead atoms. The number of hydrogen-bond donors (Lipinski definition) is 1. The van der Waals surface area contributed by atoms with Crippen LogP contribution in [0.5, 0.6) is 0 Å². The number of benzene rings is 1. The lowest BCUT2D eigenvalue weighted by Crippen LogP contribution is -2.01. The van der Waals surface area contributed by atoms with Gasteiger partial charge in [-0.15, -0.1) is 12.4 Å². The molecule has 0 atom stereocenters. The molecule has 0 aliphatic carbocycles. The molecule has 2 N–H and O–H groups in total. The van der Waals surface area contributed by atoms with Crippen LogP contribution in [0.25, 0.3) is 0 Å². The van der Waals surface area contributed by atoms with E-state index in [2.05, 4.69) is 0 Å². The second-order valence-corrected chi connectivity index (χ2v) is 2.67. The van der Waals surface area contributed by atoms with Gasteiger partial charge in [0.1, 0.15) is 20.0 Å². The summed E-state index contributed by atoms with van der Waals surface area (Å²) in [6.07, 6.45) is 0. The van der Waals surface area contributed by atoms with Gasteiger partial charge in [0.25, 0.3) is 0 Å². The van der Waals surface area contributed by atoms with E-state index < -0.39 is 20.0 Å². The number of nitrogens with two attached hydrogens (primary N) is 1. The molecule has 0 amide bonds. The molecule has 1 rings (SSSR count). The van der Waals surface area contributed by atoms with Crippen molar-refractivity contribution in [2.75, 3.05) is 5.73 Å². The highest BCUT2D eigenvalue weighted by Crippen LogP contribution is 2.24. The van der Waals surface area contributed by atoms with Crippen LogP contribution in [0, 0.1) is 0 Å². The van der Waals surface area contributed by atoms with E-state index in [9.17, 15) is 13.2 Å². The van der Waals surface area contributed by atoms with Gasteiger partial charge in [-0.05, 0) is 17.2 Å². The summed E-state index contributed by atoms with van der Waals surface area (Å²) < 4.78 is 37.1. The molecule has 80 valence electrons. The van der Waals surface area contributed by atoms with Crippen molar-refractivity contribution in [3.63, 3.8) is 0 Å². The molecule has 0 saturated carbocycles. The fraction of sp³-hybridized carbons (Fsp3) is 0.333. The molecular weight excluding hydrogens is 215 g/mol. The average molecular weight is 226 g/mol. The number of anilines is 1. The third-order valence-electron chi connectivity index (χ3n) is 1.98. The summed E-state index contributed by atoms with van der Waals surface area (Å²) in [5.41, 5.74) is 5.86. The SMILES string of the molecule is Cl.Nc1ccc(CF)c(CF)c1CF. The second-order valence-electron chi connectivity index (χ2n) is 2.67. The van der Waals surface area contributed by atoms with Gasteiger partial charge in [0.15, 0.2) is 0 Å². The van der Waals surface area contributed by atoms with Crippen LogP contribution in [0.15, 0.2) is 12.1 Å². The van der Waals surface area contributed by atoms with Crippen molar-refractivity contribution >= 4 is 18.1 Å². The first-order chi connectivity index (χ1) is 6.24. The molecule has 0 aliphatic rings. The summed E-state index contributed by atoms with van der Waals surface area (Å²) in [4.78, 5) is 0. The maximum Gasteiger partial charge on any atom is 0.117 e. The van der Waals surface area contributed by atoms with Crippen LogP contribution in [-0.2, 0) is 20.0 Å². The zero-order valence-corrected chi connectivity index (χ0v) is 8.21. The van der Waals surface area contributed by atoms with E-state index in [0.717, 1.165) is 0 Å². The Balaban J connectivity index is 0.00000169. The lowest BCUT2D eigenvalue weighted by molar-refractivity contribution is 0.437. The van der Waals surface area contributed by atoms with Crippen molar-refractivity contribution in [1.29, 1.82) is 0 Å². The summed E-state index contributed by atoms with van der Waals surface area (Å²) in [5.74, 6) is 0. The fourth-order valence-corrected chi connectivity index (χ4v) is 1.21. The molecule has 0 aromatic heterocycles. The molecular formula is C9H11ClF3N. The van der Waals surface area contributed by atoms with Crippen LogP contribution < -0.4 is 5.73 Å².